The molecule has 0 aliphatic carbocycles. The number of fused-ring (bicyclic) bond motifs is 1. The molecular formula is C12H8LiN3. The van der Waals surface area contributed by atoms with Gasteiger partial charge >= 0.3 is 18.9 Å². The van der Waals surface area contributed by atoms with Crippen LogP contribution in [-0.2, 0) is 0 Å². The molecule has 0 N–H and O–H groups in total. The van der Waals surface area contributed by atoms with Gasteiger partial charge in [-0.15, -0.1) is 6.07 Å². The van der Waals surface area contributed by atoms with E-state index in [-0.39, 0.29) is 18.9 Å². The normalized spacial score (nSPS) is 10.0. The molecule has 0 saturated carbocycles. The third kappa shape index (κ3) is 1.76. The van der Waals surface area contributed by atoms with Gasteiger partial charge in [0, 0.05) is 5.52 Å². The molecule has 2 aromatic carbocycles. The molecule has 3 aromatic rings. The van der Waals surface area contributed by atoms with Gasteiger partial charge < -0.3 is 0 Å². The van der Waals surface area contributed by atoms with E-state index in [9.17, 15) is 0 Å². The van der Waals surface area contributed by atoms with E-state index in [1.165, 1.54) is 0 Å². The Kier molecular flexibility index (Phi) is 3.09. The molecule has 0 bridgehead atoms. The molecule has 0 unspecified atom stereocenters. The SMILES string of the molecule is [Li+].[c-]1cccc2c1nnn2-c1ccccc1. The van der Waals surface area contributed by atoms with E-state index in [4.69, 9.17) is 0 Å². The maximum atomic E-state index is 4.10. The molecule has 72 valence electrons. The zero-order valence-electron chi connectivity index (χ0n) is 8.96. The van der Waals surface area contributed by atoms with E-state index in [0.717, 1.165) is 16.7 Å². The summed E-state index contributed by atoms with van der Waals surface area (Å²) < 4.78 is 1.81. The maximum absolute atomic E-state index is 4.10. The van der Waals surface area contributed by atoms with Crippen LogP contribution in [0, 0.1) is 6.07 Å². The van der Waals surface area contributed by atoms with Crippen molar-refractivity contribution in [1.29, 1.82) is 0 Å². The van der Waals surface area contributed by atoms with Crippen molar-refractivity contribution < 1.29 is 18.9 Å². The van der Waals surface area contributed by atoms with Crippen LogP contribution in [0.3, 0.4) is 0 Å². The number of hydrogen-bond donors (Lipinski definition) is 0. The van der Waals surface area contributed by atoms with Crippen molar-refractivity contribution in [2.24, 2.45) is 0 Å². The molecular weight excluding hydrogens is 193 g/mol. The Morgan fingerprint density at radius 1 is 1.00 bits per heavy atom. The van der Waals surface area contributed by atoms with Gasteiger partial charge in [0.1, 0.15) is 0 Å². The van der Waals surface area contributed by atoms with Crippen molar-refractivity contribution in [3.8, 4) is 5.69 Å². The number of benzene rings is 2. The zero-order chi connectivity index (χ0) is 10.1. The molecule has 0 fully saturated rings. The fraction of sp³-hybridized carbons (Fsp3) is 0. The van der Waals surface area contributed by atoms with Gasteiger partial charge in [-0.3, -0.25) is 4.68 Å². The first-order chi connectivity index (χ1) is 7.45. The van der Waals surface area contributed by atoms with E-state index in [1.54, 1.807) is 0 Å². The smallest absolute Gasteiger partial charge is 0.267 e. The Morgan fingerprint density at radius 2 is 1.81 bits per heavy atom. The van der Waals surface area contributed by atoms with Gasteiger partial charge in [-0.2, -0.15) is 23.3 Å². The Balaban J connectivity index is 0.000000963. The van der Waals surface area contributed by atoms with Crippen molar-refractivity contribution in [2.45, 2.75) is 0 Å². The number of para-hydroxylation sites is 1. The van der Waals surface area contributed by atoms with E-state index in [0.29, 0.717) is 0 Å². The average molecular weight is 201 g/mol. The summed E-state index contributed by atoms with van der Waals surface area (Å²) in [5, 5.41) is 8.15. The summed E-state index contributed by atoms with van der Waals surface area (Å²) in [5.74, 6) is 0. The minimum atomic E-state index is 0. The largest absolute Gasteiger partial charge is 1.00 e. The first-order valence-corrected chi connectivity index (χ1v) is 4.73. The van der Waals surface area contributed by atoms with Crippen LogP contribution >= 0.6 is 0 Å². The average Bonchev–Trinajstić information content (AvgIpc) is 2.74. The molecule has 1 heterocycles. The molecule has 0 radical (unpaired) electrons. The predicted molar refractivity (Wildman–Crippen MR) is 57.7 cm³/mol. The van der Waals surface area contributed by atoms with Crippen LogP contribution in [0.25, 0.3) is 16.7 Å². The second kappa shape index (κ2) is 4.52. The molecule has 0 saturated heterocycles. The van der Waals surface area contributed by atoms with Gasteiger partial charge in [0.15, 0.2) is 0 Å². The van der Waals surface area contributed by atoms with Gasteiger partial charge in [-0.25, -0.2) is 0 Å². The summed E-state index contributed by atoms with van der Waals surface area (Å²) in [5.41, 5.74) is 2.78. The first-order valence-electron chi connectivity index (χ1n) is 4.73. The van der Waals surface area contributed by atoms with E-state index >= 15 is 0 Å². The van der Waals surface area contributed by atoms with Crippen molar-refractivity contribution in [1.82, 2.24) is 15.0 Å². The Morgan fingerprint density at radius 3 is 2.62 bits per heavy atom. The van der Waals surface area contributed by atoms with Gasteiger partial charge in [0.2, 0.25) is 0 Å². The van der Waals surface area contributed by atoms with Crippen LogP contribution in [0.5, 0.6) is 0 Å². The number of hydrogen-bond acceptors (Lipinski definition) is 2. The third-order valence-electron chi connectivity index (χ3n) is 2.28. The second-order valence-electron chi connectivity index (χ2n) is 3.24. The summed E-state index contributed by atoms with van der Waals surface area (Å²) in [6.45, 7) is 0. The maximum Gasteiger partial charge on any atom is 1.00 e. The molecule has 0 aliphatic rings. The van der Waals surface area contributed by atoms with Crippen molar-refractivity contribution >= 4 is 11.0 Å². The third-order valence-corrected chi connectivity index (χ3v) is 2.28. The number of rotatable bonds is 1. The standard InChI is InChI=1S/C12H8N3.Li/c1-2-6-10(7-3-1)15-12-9-5-4-8-11(12)13-14-15;/h1-7,9H;/q-1;+1. The van der Waals surface area contributed by atoms with Crippen LogP contribution < -0.4 is 18.9 Å². The zero-order valence-corrected chi connectivity index (χ0v) is 8.96. The fourth-order valence-electron chi connectivity index (χ4n) is 1.57. The molecule has 0 spiro atoms. The molecule has 0 amide bonds. The summed E-state index contributed by atoms with van der Waals surface area (Å²) >= 11 is 0. The van der Waals surface area contributed by atoms with E-state index < -0.39 is 0 Å². The molecule has 3 rings (SSSR count). The van der Waals surface area contributed by atoms with Crippen molar-refractivity contribution in [3.05, 3.63) is 54.6 Å². The molecule has 16 heavy (non-hydrogen) atoms. The van der Waals surface area contributed by atoms with Crippen LogP contribution in [-0.4, -0.2) is 15.0 Å². The summed E-state index contributed by atoms with van der Waals surface area (Å²) in [4.78, 5) is 0. The van der Waals surface area contributed by atoms with Gasteiger partial charge in [0.05, 0.1) is 5.69 Å². The minimum Gasteiger partial charge on any atom is -0.267 e. The topological polar surface area (TPSA) is 30.7 Å². The quantitative estimate of drug-likeness (QED) is 0.382. The summed E-state index contributed by atoms with van der Waals surface area (Å²) in [6.07, 6.45) is 0. The summed E-state index contributed by atoms with van der Waals surface area (Å²) in [6, 6.07) is 18.8. The van der Waals surface area contributed by atoms with Gasteiger partial charge in [-0.05, 0) is 17.6 Å². The molecule has 4 heteroatoms. The Labute approximate surface area is 105 Å². The molecule has 0 atom stereocenters. The monoisotopic (exact) mass is 201 g/mol. The van der Waals surface area contributed by atoms with Crippen LogP contribution in [0.15, 0.2) is 48.5 Å². The van der Waals surface area contributed by atoms with Crippen molar-refractivity contribution in [3.63, 3.8) is 0 Å². The number of aromatic nitrogens is 3. The van der Waals surface area contributed by atoms with Gasteiger partial charge in [0.25, 0.3) is 0 Å². The first kappa shape index (κ1) is 10.9. The second-order valence-corrected chi connectivity index (χ2v) is 3.24. The Hall–Kier alpha value is -1.56. The van der Waals surface area contributed by atoms with Crippen LogP contribution in [0.1, 0.15) is 0 Å². The van der Waals surface area contributed by atoms with E-state index in [2.05, 4.69) is 16.4 Å². The number of nitrogens with zero attached hydrogens (tertiary/aromatic N) is 3. The molecule has 0 aliphatic heterocycles. The van der Waals surface area contributed by atoms with Gasteiger partial charge in [-0.1, -0.05) is 23.4 Å². The predicted octanol–water partition coefficient (Wildman–Crippen LogP) is -0.775. The minimum absolute atomic E-state index is 0. The fourth-order valence-corrected chi connectivity index (χ4v) is 1.57. The van der Waals surface area contributed by atoms with E-state index in [1.807, 2.05) is 53.2 Å². The molecule has 3 nitrogen and oxygen atoms in total. The van der Waals surface area contributed by atoms with Crippen LogP contribution in [0.2, 0.25) is 0 Å². The van der Waals surface area contributed by atoms with Crippen LogP contribution in [0.4, 0.5) is 0 Å². The summed E-state index contributed by atoms with van der Waals surface area (Å²) in [7, 11) is 0. The molecule has 1 aromatic heterocycles. The van der Waals surface area contributed by atoms with Crippen molar-refractivity contribution in [2.75, 3.05) is 0 Å². The Bertz CT molecular complexity index is 589.